The molecule has 0 radical (unpaired) electrons. The molecule has 0 fully saturated rings. The predicted molar refractivity (Wildman–Crippen MR) is 80.0 cm³/mol. The predicted octanol–water partition coefficient (Wildman–Crippen LogP) is 4.26. The Balaban J connectivity index is 1.95. The van der Waals surface area contributed by atoms with E-state index in [9.17, 15) is 0 Å². The molecule has 0 bridgehead atoms. The maximum atomic E-state index is 5.68. The first-order valence-electron chi connectivity index (χ1n) is 7.92. The van der Waals surface area contributed by atoms with Gasteiger partial charge in [0.2, 0.25) is 0 Å². The van der Waals surface area contributed by atoms with E-state index in [1.165, 1.54) is 50.5 Å². The highest BCUT2D eigenvalue weighted by molar-refractivity contribution is 5.06. The van der Waals surface area contributed by atoms with Crippen LogP contribution in [0.4, 0.5) is 0 Å². The first kappa shape index (κ1) is 16.2. The zero-order valence-electron chi connectivity index (χ0n) is 12.7. The molecule has 0 N–H and O–H groups in total. The summed E-state index contributed by atoms with van der Waals surface area (Å²) < 4.78 is 7.78. The Bertz CT molecular complexity index is 308. The normalized spacial score (nSPS) is 10.8. The van der Waals surface area contributed by atoms with E-state index in [-0.39, 0.29) is 0 Å². The third-order valence-electron chi connectivity index (χ3n) is 3.50. The lowest BCUT2D eigenvalue weighted by molar-refractivity contribution is -0.732. The van der Waals surface area contributed by atoms with E-state index < -0.39 is 0 Å². The van der Waals surface area contributed by atoms with Crippen LogP contribution in [-0.2, 0) is 17.9 Å². The SMILES string of the molecule is CCCCCCCCCOC[n+]1ccc(CC)cc1. The van der Waals surface area contributed by atoms with Gasteiger partial charge >= 0.3 is 0 Å². The Morgan fingerprint density at radius 1 is 0.895 bits per heavy atom. The first-order valence-corrected chi connectivity index (χ1v) is 7.92. The summed E-state index contributed by atoms with van der Waals surface area (Å²) in [6.07, 6.45) is 14.7. The van der Waals surface area contributed by atoms with Crippen LogP contribution in [0.3, 0.4) is 0 Å². The molecule has 2 heteroatoms. The van der Waals surface area contributed by atoms with Gasteiger partial charge in [-0.1, -0.05) is 52.4 Å². The van der Waals surface area contributed by atoms with E-state index in [4.69, 9.17) is 4.74 Å². The van der Waals surface area contributed by atoms with Gasteiger partial charge in [0.25, 0.3) is 6.73 Å². The lowest BCUT2D eigenvalue weighted by Gasteiger charge is -2.02. The average molecular weight is 264 g/mol. The summed E-state index contributed by atoms with van der Waals surface area (Å²) in [6.45, 7) is 6.01. The highest BCUT2D eigenvalue weighted by Crippen LogP contribution is 2.06. The molecule has 1 aromatic rings. The minimum Gasteiger partial charge on any atom is -0.323 e. The number of aryl methyl sites for hydroxylation is 1. The van der Waals surface area contributed by atoms with E-state index in [2.05, 4.69) is 42.9 Å². The van der Waals surface area contributed by atoms with E-state index in [0.29, 0.717) is 6.73 Å². The zero-order valence-corrected chi connectivity index (χ0v) is 12.7. The number of hydrogen-bond donors (Lipinski definition) is 0. The summed E-state index contributed by atoms with van der Waals surface area (Å²) in [5, 5.41) is 0. The molecule has 0 aromatic carbocycles. The van der Waals surface area contributed by atoms with Crippen LogP contribution >= 0.6 is 0 Å². The van der Waals surface area contributed by atoms with Crippen LogP contribution in [0, 0.1) is 0 Å². The molecule has 0 saturated heterocycles. The second-order valence-electron chi connectivity index (χ2n) is 5.23. The zero-order chi connectivity index (χ0) is 13.8. The molecule has 1 heterocycles. The Morgan fingerprint density at radius 2 is 1.53 bits per heavy atom. The van der Waals surface area contributed by atoms with Crippen molar-refractivity contribution in [2.75, 3.05) is 6.61 Å². The van der Waals surface area contributed by atoms with E-state index in [1.54, 1.807) is 0 Å². The number of rotatable bonds is 11. The van der Waals surface area contributed by atoms with Crippen molar-refractivity contribution >= 4 is 0 Å². The van der Waals surface area contributed by atoms with Crippen molar-refractivity contribution in [2.45, 2.75) is 71.9 Å². The van der Waals surface area contributed by atoms with Crippen LogP contribution in [0.5, 0.6) is 0 Å². The number of nitrogens with zero attached hydrogens (tertiary/aromatic N) is 1. The summed E-state index contributed by atoms with van der Waals surface area (Å²) >= 11 is 0. The Labute approximate surface area is 118 Å². The van der Waals surface area contributed by atoms with Crippen molar-refractivity contribution in [3.05, 3.63) is 30.1 Å². The largest absolute Gasteiger partial charge is 0.323 e. The number of ether oxygens (including phenoxy) is 1. The number of pyridine rings is 1. The van der Waals surface area contributed by atoms with Gasteiger partial charge < -0.3 is 4.74 Å². The van der Waals surface area contributed by atoms with Gasteiger partial charge in [-0.3, -0.25) is 0 Å². The molecule has 0 aliphatic rings. The number of unbranched alkanes of at least 4 members (excludes halogenated alkanes) is 6. The molecule has 0 amide bonds. The van der Waals surface area contributed by atoms with Crippen molar-refractivity contribution in [3.63, 3.8) is 0 Å². The number of aromatic nitrogens is 1. The molecule has 0 aliphatic carbocycles. The van der Waals surface area contributed by atoms with Gasteiger partial charge in [0.15, 0.2) is 12.4 Å². The highest BCUT2D eigenvalue weighted by atomic mass is 16.5. The molecule has 0 atom stereocenters. The minimum atomic E-state index is 0.680. The van der Waals surface area contributed by atoms with Crippen LogP contribution in [0.1, 0.15) is 64.4 Å². The van der Waals surface area contributed by atoms with Crippen LogP contribution < -0.4 is 4.57 Å². The summed E-state index contributed by atoms with van der Waals surface area (Å²) in [5.41, 5.74) is 1.38. The van der Waals surface area contributed by atoms with Gasteiger partial charge in [-0.15, -0.1) is 0 Å². The third kappa shape index (κ3) is 7.99. The van der Waals surface area contributed by atoms with Crippen molar-refractivity contribution in [1.82, 2.24) is 0 Å². The molecule has 0 spiro atoms. The quantitative estimate of drug-likeness (QED) is 0.430. The number of hydrogen-bond acceptors (Lipinski definition) is 1. The smallest absolute Gasteiger partial charge is 0.252 e. The fourth-order valence-electron chi connectivity index (χ4n) is 2.14. The standard InChI is InChI=1S/C17H30NO/c1-3-5-6-7-8-9-10-15-19-16-18-13-11-17(4-2)12-14-18/h11-14H,3-10,15-16H2,1-2H3/q+1. The molecule has 1 aromatic heterocycles. The molecule has 19 heavy (non-hydrogen) atoms. The summed E-state index contributed by atoms with van der Waals surface area (Å²) in [4.78, 5) is 0. The monoisotopic (exact) mass is 264 g/mol. The lowest BCUT2D eigenvalue weighted by atomic mass is 10.1. The van der Waals surface area contributed by atoms with Crippen LogP contribution in [-0.4, -0.2) is 6.61 Å². The minimum absolute atomic E-state index is 0.680. The van der Waals surface area contributed by atoms with E-state index in [0.717, 1.165) is 13.0 Å². The van der Waals surface area contributed by atoms with Crippen molar-refractivity contribution in [1.29, 1.82) is 0 Å². The third-order valence-corrected chi connectivity index (χ3v) is 3.50. The van der Waals surface area contributed by atoms with Crippen LogP contribution in [0.2, 0.25) is 0 Å². The van der Waals surface area contributed by atoms with Crippen LogP contribution in [0.15, 0.2) is 24.5 Å². The second kappa shape index (κ2) is 11.0. The average Bonchev–Trinajstić information content (AvgIpc) is 2.46. The fraction of sp³-hybridized carbons (Fsp3) is 0.706. The Kier molecular flexibility index (Phi) is 9.34. The van der Waals surface area contributed by atoms with Crippen molar-refractivity contribution < 1.29 is 9.30 Å². The van der Waals surface area contributed by atoms with Gasteiger partial charge in [0, 0.05) is 12.1 Å². The van der Waals surface area contributed by atoms with Crippen LogP contribution in [0.25, 0.3) is 0 Å². The highest BCUT2D eigenvalue weighted by Gasteiger charge is 1.99. The summed E-state index contributed by atoms with van der Waals surface area (Å²) in [7, 11) is 0. The summed E-state index contributed by atoms with van der Waals surface area (Å²) in [5.74, 6) is 0. The molecule has 0 unspecified atom stereocenters. The van der Waals surface area contributed by atoms with Gasteiger partial charge in [0.1, 0.15) is 0 Å². The molecular weight excluding hydrogens is 234 g/mol. The topological polar surface area (TPSA) is 13.1 Å². The summed E-state index contributed by atoms with van der Waals surface area (Å²) in [6, 6.07) is 4.33. The maximum absolute atomic E-state index is 5.68. The molecule has 0 aliphatic heterocycles. The van der Waals surface area contributed by atoms with E-state index >= 15 is 0 Å². The molecule has 2 nitrogen and oxygen atoms in total. The second-order valence-corrected chi connectivity index (χ2v) is 5.23. The van der Waals surface area contributed by atoms with Gasteiger partial charge in [0.05, 0.1) is 6.61 Å². The Hall–Kier alpha value is -0.890. The molecule has 0 saturated carbocycles. The first-order chi connectivity index (χ1) is 9.36. The lowest BCUT2D eigenvalue weighted by Crippen LogP contribution is -2.34. The fourth-order valence-corrected chi connectivity index (χ4v) is 2.14. The molecule has 108 valence electrons. The maximum Gasteiger partial charge on any atom is 0.252 e. The molecular formula is C17H30NO+. The van der Waals surface area contributed by atoms with Crippen molar-refractivity contribution in [2.24, 2.45) is 0 Å². The van der Waals surface area contributed by atoms with Gasteiger partial charge in [-0.05, 0) is 18.4 Å². The van der Waals surface area contributed by atoms with Crippen molar-refractivity contribution in [3.8, 4) is 0 Å². The van der Waals surface area contributed by atoms with E-state index in [1.807, 2.05) is 0 Å². The van der Waals surface area contributed by atoms with Gasteiger partial charge in [-0.25, -0.2) is 0 Å². The molecule has 1 rings (SSSR count). The Morgan fingerprint density at radius 3 is 2.16 bits per heavy atom. The van der Waals surface area contributed by atoms with Gasteiger partial charge in [-0.2, -0.15) is 4.57 Å².